The second-order valence-corrected chi connectivity index (χ2v) is 8.05. The van der Waals surface area contributed by atoms with Crippen molar-refractivity contribution < 1.29 is 23.5 Å². The first kappa shape index (κ1) is 21.4. The first-order chi connectivity index (χ1) is 15.2. The molecule has 1 aromatic carbocycles. The molecule has 0 spiro atoms. The van der Waals surface area contributed by atoms with Crippen molar-refractivity contribution >= 4 is 17.7 Å². The summed E-state index contributed by atoms with van der Waals surface area (Å²) in [4.78, 5) is 39.9. The molecular formula is C24H25N3O5. The van der Waals surface area contributed by atoms with Crippen molar-refractivity contribution in [3.63, 3.8) is 0 Å². The number of hydrogen-bond donors (Lipinski definition) is 1. The number of aromatic nitrogens is 1. The van der Waals surface area contributed by atoms with Crippen LogP contribution >= 0.6 is 0 Å². The molecule has 8 heteroatoms. The van der Waals surface area contributed by atoms with Crippen LogP contribution in [0.1, 0.15) is 40.0 Å². The molecule has 1 fully saturated rings. The number of benzene rings is 1. The van der Waals surface area contributed by atoms with Crippen molar-refractivity contribution in [3.8, 4) is 5.75 Å². The summed E-state index contributed by atoms with van der Waals surface area (Å²) < 4.78 is 12.6. The maximum absolute atomic E-state index is 13.2. The monoisotopic (exact) mass is 435 g/mol. The van der Waals surface area contributed by atoms with Gasteiger partial charge >= 0.3 is 6.03 Å². The molecule has 1 N–H and O–H groups in total. The topological polar surface area (TPSA) is 93.8 Å². The SMILES string of the molecule is COc1cccc(C2(C)NC(=O)N(CC(=O)c3cc(C)n(Cc4ccco4)c3C)C2=O)c1. The number of furan rings is 1. The number of nitrogens with one attached hydrogen (secondary N) is 1. The molecule has 3 aromatic rings. The third kappa shape index (κ3) is 3.57. The van der Waals surface area contributed by atoms with E-state index < -0.39 is 17.5 Å². The molecule has 8 nitrogen and oxygen atoms in total. The van der Waals surface area contributed by atoms with Crippen molar-refractivity contribution in [3.05, 3.63) is 77.0 Å². The molecule has 0 radical (unpaired) electrons. The van der Waals surface area contributed by atoms with E-state index >= 15 is 0 Å². The number of carbonyl (C=O) groups is 3. The quantitative estimate of drug-likeness (QED) is 0.453. The fourth-order valence-corrected chi connectivity index (χ4v) is 4.08. The van der Waals surface area contributed by atoms with Crippen molar-refractivity contribution in [1.82, 2.24) is 14.8 Å². The van der Waals surface area contributed by atoms with E-state index in [4.69, 9.17) is 9.15 Å². The zero-order valence-corrected chi connectivity index (χ0v) is 18.5. The van der Waals surface area contributed by atoms with E-state index in [1.165, 1.54) is 7.11 Å². The normalized spacial score (nSPS) is 18.2. The standard InChI is InChI=1S/C24H25N3O5/c1-15-11-20(16(2)26(15)13-19-9-6-10-32-19)21(28)14-27-22(29)24(3,25-23(27)30)17-7-5-8-18(12-17)31-4/h5-12H,13-14H2,1-4H3,(H,25,30). The van der Waals surface area contributed by atoms with Gasteiger partial charge in [-0.25, -0.2) is 4.79 Å². The molecule has 1 unspecified atom stereocenters. The van der Waals surface area contributed by atoms with Crippen LogP contribution < -0.4 is 10.1 Å². The Morgan fingerprint density at radius 1 is 1.16 bits per heavy atom. The number of imide groups is 1. The second-order valence-electron chi connectivity index (χ2n) is 8.05. The number of carbonyl (C=O) groups excluding carboxylic acids is 3. The van der Waals surface area contributed by atoms with Gasteiger partial charge in [-0.05, 0) is 56.7 Å². The minimum atomic E-state index is -1.28. The van der Waals surface area contributed by atoms with E-state index in [2.05, 4.69) is 5.32 Å². The Kier molecular flexibility index (Phi) is 5.38. The number of ether oxygens (including phenoxy) is 1. The van der Waals surface area contributed by atoms with Crippen molar-refractivity contribution in [2.75, 3.05) is 13.7 Å². The minimum Gasteiger partial charge on any atom is -0.497 e. The molecule has 1 aliphatic rings. The number of amides is 3. The van der Waals surface area contributed by atoms with E-state index in [1.54, 1.807) is 43.5 Å². The summed E-state index contributed by atoms with van der Waals surface area (Å²) in [5.41, 5.74) is 1.43. The molecular weight excluding hydrogens is 410 g/mol. The Morgan fingerprint density at radius 3 is 2.62 bits per heavy atom. The molecule has 2 aromatic heterocycles. The largest absolute Gasteiger partial charge is 0.497 e. The summed E-state index contributed by atoms with van der Waals surface area (Å²) in [7, 11) is 1.53. The lowest BCUT2D eigenvalue weighted by Gasteiger charge is -2.22. The summed E-state index contributed by atoms with van der Waals surface area (Å²) in [6.45, 7) is 5.53. The molecule has 3 amide bonds. The summed E-state index contributed by atoms with van der Waals surface area (Å²) in [5, 5.41) is 2.73. The number of methoxy groups -OCH3 is 1. The van der Waals surface area contributed by atoms with Gasteiger partial charge in [0.25, 0.3) is 5.91 Å². The van der Waals surface area contributed by atoms with Gasteiger partial charge in [0.2, 0.25) is 0 Å². The Labute approximate surface area is 185 Å². The van der Waals surface area contributed by atoms with Crippen LogP contribution in [-0.2, 0) is 16.9 Å². The van der Waals surface area contributed by atoms with Crippen LogP contribution in [0.25, 0.3) is 0 Å². The van der Waals surface area contributed by atoms with Gasteiger partial charge in [-0.15, -0.1) is 0 Å². The zero-order valence-electron chi connectivity index (χ0n) is 18.5. The van der Waals surface area contributed by atoms with Crippen LogP contribution in [-0.4, -0.2) is 40.8 Å². The molecule has 32 heavy (non-hydrogen) atoms. The van der Waals surface area contributed by atoms with Gasteiger partial charge in [-0.2, -0.15) is 0 Å². The molecule has 1 atom stereocenters. The number of nitrogens with zero attached hydrogens (tertiary/aromatic N) is 2. The lowest BCUT2D eigenvalue weighted by molar-refractivity contribution is -0.130. The highest BCUT2D eigenvalue weighted by molar-refractivity contribution is 6.11. The molecule has 4 rings (SSSR count). The molecule has 0 saturated carbocycles. The number of rotatable bonds is 7. The number of Topliss-reactive ketones (excluding diaryl/α,β-unsaturated/α-hetero) is 1. The Hall–Kier alpha value is -3.81. The summed E-state index contributed by atoms with van der Waals surface area (Å²) in [5.74, 6) is 0.564. The fourth-order valence-electron chi connectivity index (χ4n) is 4.08. The zero-order chi connectivity index (χ0) is 23.0. The lowest BCUT2D eigenvalue weighted by Crippen LogP contribution is -2.41. The average molecular weight is 435 g/mol. The van der Waals surface area contributed by atoms with Crippen LogP contribution in [0.2, 0.25) is 0 Å². The van der Waals surface area contributed by atoms with Crippen molar-refractivity contribution in [2.24, 2.45) is 0 Å². The highest BCUT2D eigenvalue weighted by Crippen LogP contribution is 2.31. The van der Waals surface area contributed by atoms with Gasteiger partial charge in [-0.1, -0.05) is 12.1 Å². The van der Waals surface area contributed by atoms with Crippen molar-refractivity contribution in [1.29, 1.82) is 0 Å². The Bertz CT molecular complexity index is 1190. The minimum absolute atomic E-state index is 0.304. The fraction of sp³-hybridized carbons (Fsp3) is 0.292. The lowest BCUT2D eigenvalue weighted by atomic mass is 9.92. The summed E-state index contributed by atoms with van der Waals surface area (Å²) in [6.07, 6.45) is 1.60. The van der Waals surface area contributed by atoms with Crippen LogP contribution in [0.15, 0.2) is 53.1 Å². The Balaban J connectivity index is 1.56. The van der Waals surface area contributed by atoms with Crippen LogP contribution in [0.5, 0.6) is 5.75 Å². The molecule has 0 aliphatic carbocycles. The number of aryl methyl sites for hydroxylation is 1. The van der Waals surface area contributed by atoms with Crippen molar-refractivity contribution in [2.45, 2.75) is 32.9 Å². The van der Waals surface area contributed by atoms with Crippen LogP contribution in [0.3, 0.4) is 0 Å². The molecule has 0 bridgehead atoms. The second kappa shape index (κ2) is 8.03. The average Bonchev–Trinajstić information content (AvgIpc) is 3.45. The predicted octanol–water partition coefficient (Wildman–Crippen LogP) is 3.40. The van der Waals surface area contributed by atoms with Gasteiger partial charge in [0.1, 0.15) is 17.0 Å². The van der Waals surface area contributed by atoms with Gasteiger partial charge in [0.15, 0.2) is 5.78 Å². The first-order valence-electron chi connectivity index (χ1n) is 10.3. The third-order valence-corrected chi connectivity index (χ3v) is 5.99. The Morgan fingerprint density at radius 2 is 1.94 bits per heavy atom. The highest BCUT2D eigenvalue weighted by atomic mass is 16.5. The first-order valence-corrected chi connectivity index (χ1v) is 10.3. The molecule has 3 heterocycles. The number of ketones is 1. The van der Waals surface area contributed by atoms with E-state index in [0.717, 1.165) is 22.0 Å². The molecule has 1 aliphatic heterocycles. The van der Waals surface area contributed by atoms with Crippen LogP contribution in [0, 0.1) is 13.8 Å². The highest BCUT2D eigenvalue weighted by Gasteiger charge is 2.49. The van der Waals surface area contributed by atoms with E-state index in [9.17, 15) is 14.4 Å². The van der Waals surface area contributed by atoms with Gasteiger partial charge in [-0.3, -0.25) is 14.5 Å². The summed E-state index contributed by atoms with van der Waals surface area (Å²) >= 11 is 0. The van der Waals surface area contributed by atoms with Gasteiger partial charge < -0.3 is 19.0 Å². The predicted molar refractivity (Wildman–Crippen MR) is 117 cm³/mol. The third-order valence-electron chi connectivity index (χ3n) is 5.99. The van der Waals surface area contributed by atoms with E-state index in [1.807, 2.05) is 30.5 Å². The maximum atomic E-state index is 13.2. The number of hydrogen-bond acceptors (Lipinski definition) is 5. The summed E-state index contributed by atoms with van der Waals surface area (Å²) in [6, 6.07) is 11.8. The smallest absolute Gasteiger partial charge is 0.325 e. The molecule has 1 saturated heterocycles. The van der Waals surface area contributed by atoms with Gasteiger partial charge in [0.05, 0.1) is 26.5 Å². The molecule has 166 valence electrons. The van der Waals surface area contributed by atoms with E-state index in [-0.39, 0.29) is 12.3 Å². The van der Waals surface area contributed by atoms with Gasteiger partial charge in [0, 0.05) is 17.0 Å². The number of urea groups is 1. The maximum Gasteiger partial charge on any atom is 0.325 e. The van der Waals surface area contributed by atoms with E-state index in [0.29, 0.717) is 23.4 Å². The van der Waals surface area contributed by atoms with Crippen LogP contribution in [0.4, 0.5) is 4.79 Å².